The Bertz CT molecular complexity index is 382. The molecule has 4 unspecified atom stereocenters. The molecule has 5 heteroatoms. The molecule has 5 nitrogen and oxygen atoms in total. The van der Waals surface area contributed by atoms with Crippen molar-refractivity contribution in [2.75, 3.05) is 13.1 Å². The van der Waals surface area contributed by atoms with Crippen LogP contribution in [0.1, 0.15) is 32.6 Å². The molecule has 0 aromatic rings. The Morgan fingerprint density at radius 1 is 1.26 bits per heavy atom. The van der Waals surface area contributed by atoms with Gasteiger partial charge in [-0.15, -0.1) is 0 Å². The summed E-state index contributed by atoms with van der Waals surface area (Å²) in [5, 5.41) is 11.8. The van der Waals surface area contributed by atoms with E-state index in [4.69, 9.17) is 5.11 Å². The van der Waals surface area contributed by atoms with E-state index in [1.54, 1.807) is 4.90 Å². The normalized spacial score (nSPS) is 37.8. The van der Waals surface area contributed by atoms with Crippen molar-refractivity contribution in [2.45, 2.75) is 38.6 Å². The maximum absolute atomic E-state index is 12.1. The Labute approximate surface area is 113 Å². The summed E-state index contributed by atoms with van der Waals surface area (Å²) in [6.07, 6.45) is 4.08. The van der Waals surface area contributed by atoms with Crippen LogP contribution in [0.15, 0.2) is 0 Å². The number of carbonyl (C=O) groups is 2. The molecule has 106 valence electrons. The molecular formula is C14H22N2O3. The van der Waals surface area contributed by atoms with Crippen LogP contribution in [0.3, 0.4) is 0 Å². The van der Waals surface area contributed by atoms with E-state index >= 15 is 0 Å². The first-order chi connectivity index (χ1) is 9.11. The number of aliphatic carboxylic acids is 1. The van der Waals surface area contributed by atoms with Gasteiger partial charge in [0.05, 0.1) is 6.42 Å². The Morgan fingerprint density at radius 3 is 2.42 bits per heavy atom. The molecule has 2 amide bonds. The van der Waals surface area contributed by atoms with Crippen LogP contribution < -0.4 is 5.32 Å². The number of rotatable bonds is 5. The van der Waals surface area contributed by atoms with Gasteiger partial charge < -0.3 is 15.3 Å². The molecule has 0 spiro atoms. The Hall–Kier alpha value is -1.26. The third-order valence-electron chi connectivity index (χ3n) is 5.29. The molecule has 19 heavy (non-hydrogen) atoms. The lowest BCUT2D eigenvalue weighted by atomic mass is 10.0. The van der Waals surface area contributed by atoms with Gasteiger partial charge in [-0.05, 0) is 49.9 Å². The molecule has 0 aliphatic heterocycles. The van der Waals surface area contributed by atoms with E-state index in [2.05, 4.69) is 5.32 Å². The maximum atomic E-state index is 12.1. The highest BCUT2D eigenvalue weighted by molar-refractivity contribution is 5.76. The molecule has 0 saturated heterocycles. The van der Waals surface area contributed by atoms with Crippen molar-refractivity contribution in [1.29, 1.82) is 0 Å². The number of urea groups is 1. The summed E-state index contributed by atoms with van der Waals surface area (Å²) in [6.45, 7) is 2.75. The maximum Gasteiger partial charge on any atom is 0.317 e. The van der Waals surface area contributed by atoms with Crippen molar-refractivity contribution in [2.24, 2.45) is 23.7 Å². The van der Waals surface area contributed by atoms with E-state index < -0.39 is 5.97 Å². The average Bonchev–Trinajstić information content (AvgIpc) is 2.78. The lowest BCUT2D eigenvalue weighted by molar-refractivity contribution is -0.137. The minimum Gasteiger partial charge on any atom is -0.481 e. The van der Waals surface area contributed by atoms with Gasteiger partial charge in [0.15, 0.2) is 0 Å². The molecule has 3 saturated carbocycles. The second-order valence-electron chi connectivity index (χ2n) is 6.19. The third-order valence-corrected chi connectivity index (χ3v) is 5.29. The number of hydrogen-bond donors (Lipinski definition) is 2. The van der Waals surface area contributed by atoms with Gasteiger partial charge in [0, 0.05) is 19.1 Å². The Balaban J connectivity index is 1.50. The first kappa shape index (κ1) is 12.8. The number of fused-ring (bicyclic) bond motifs is 5. The number of amides is 2. The topological polar surface area (TPSA) is 69.6 Å². The number of carboxylic acids is 1. The molecule has 2 N–H and O–H groups in total. The molecule has 3 rings (SSSR count). The zero-order chi connectivity index (χ0) is 13.6. The highest BCUT2D eigenvalue weighted by Gasteiger charge is 2.65. The van der Waals surface area contributed by atoms with E-state index in [-0.39, 0.29) is 12.5 Å². The van der Waals surface area contributed by atoms with Crippen LogP contribution in [0.2, 0.25) is 0 Å². The second kappa shape index (κ2) is 4.69. The molecule has 0 radical (unpaired) electrons. The fourth-order valence-corrected chi connectivity index (χ4v) is 4.39. The first-order valence-corrected chi connectivity index (χ1v) is 7.39. The minimum atomic E-state index is -0.854. The smallest absolute Gasteiger partial charge is 0.317 e. The van der Waals surface area contributed by atoms with Crippen LogP contribution in [-0.4, -0.2) is 41.1 Å². The summed E-state index contributed by atoms with van der Waals surface area (Å²) < 4.78 is 0. The highest BCUT2D eigenvalue weighted by Crippen LogP contribution is 2.65. The van der Waals surface area contributed by atoms with E-state index in [0.29, 0.717) is 19.1 Å². The molecule has 0 heterocycles. The number of nitrogens with zero attached hydrogens (tertiary/aromatic N) is 1. The zero-order valence-corrected chi connectivity index (χ0v) is 11.3. The molecule has 0 aromatic heterocycles. The summed E-state index contributed by atoms with van der Waals surface area (Å²) in [5.74, 6) is 2.28. The number of carbonyl (C=O) groups excluding carboxylic acids is 1. The zero-order valence-electron chi connectivity index (χ0n) is 11.3. The monoisotopic (exact) mass is 266 g/mol. The fourth-order valence-electron chi connectivity index (χ4n) is 4.39. The number of nitrogens with one attached hydrogen (secondary N) is 1. The molecule has 4 atom stereocenters. The van der Waals surface area contributed by atoms with Crippen LogP contribution >= 0.6 is 0 Å². The largest absolute Gasteiger partial charge is 0.481 e. The average molecular weight is 266 g/mol. The van der Waals surface area contributed by atoms with Gasteiger partial charge in [-0.3, -0.25) is 4.79 Å². The van der Waals surface area contributed by atoms with Crippen LogP contribution in [0, 0.1) is 23.7 Å². The lowest BCUT2D eigenvalue weighted by Gasteiger charge is -2.21. The van der Waals surface area contributed by atoms with Gasteiger partial charge in [0.2, 0.25) is 0 Å². The Morgan fingerprint density at radius 2 is 1.89 bits per heavy atom. The summed E-state index contributed by atoms with van der Waals surface area (Å²) in [4.78, 5) is 24.3. The van der Waals surface area contributed by atoms with E-state index in [1.165, 1.54) is 19.3 Å². The first-order valence-electron chi connectivity index (χ1n) is 7.39. The summed E-state index contributed by atoms with van der Waals surface area (Å²) in [5.41, 5.74) is 0. The number of carboxylic acid groups (broad SMARTS) is 1. The summed E-state index contributed by atoms with van der Waals surface area (Å²) in [7, 11) is 0. The van der Waals surface area contributed by atoms with Gasteiger partial charge in [-0.25, -0.2) is 4.79 Å². The quantitative estimate of drug-likeness (QED) is 0.793. The fraction of sp³-hybridized carbons (Fsp3) is 0.857. The van der Waals surface area contributed by atoms with Crippen LogP contribution in [0.5, 0.6) is 0 Å². The van der Waals surface area contributed by atoms with Crippen LogP contribution in [0.25, 0.3) is 0 Å². The van der Waals surface area contributed by atoms with Crippen LogP contribution in [-0.2, 0) is 4.79 Å². The highest BCUT2D eigenvalue weighted by atomic mass is 16.4. The van der Waals surface area contributed by atoms with Gasteiger partial charge in [-0.1, -0.05) is 0 Å². The van der Waals surface area contributed by atoms with Crippen molar-refractivity contribution in [1.82, 2.24) is 10.2 Å². The van der Waals surface area contributed by atoms with Gasteiger partial charge in [-0.2, -0.15) is 0 Å². The number of hydrogen-bond acceptors (Lipinski definition) is 2. The van der Waals surface area contributed by atoms with Gasteiger partial charge in [0.25, 0.3) is 0 Å². The lowest BCUT2D eigenvalue weighted by Crippen LogP contribution is -2.43. The Kier molecular flexibility index (Phi) is 3.15. The van der Waals surface area contributed by atoms with Crippen LogP contribution in [0.4, 0.5) is 4.79 Å². The standard InChI is InChI=1S/C14H22N2O3/c1-2-16(6-5-10(17)18)14(19)15-13-11-8-3-4-9(7-8)12(11)13/h8-9,11-13H,2-7H2,1H3,(H,15,19)(H,17,18). The predicted molar refractivity (Wildman–Crippen MR) is 69.6 cm³/mol. The van der Waals surface area contributed by atoms with Gasteiger partial charge >= 0.3 is 12.0 Å². The third kappa shape index (κ3) is 2.19. The second-order valence-corrected chi connectivity index (χ2v) is 6.19. The SMILES string of the molecule is CCN(CCC(=O)O)C(=O)NC1C2C3CCC(C3)C12. The van der Waals surface area contributed by atoms with Gasteiger partial charge in [0.1, 0.15) is 0 Å². The van der Waals surface area contributed by atoms with Crippen molar-refractivity contribution < 1.29 is 14.7 Å². The van der Waals surface area contributed by atoms with Crippen molar-refractivity contribution in [3.63, 3.8) is 0 Å². The van der Waals surface area contributed by atoms with Crippen molar-refractivity contribution in [3.8, 4) is 0 Å². The van der Waals surface area contributed by atoms with Crippen molar-refractivity contribution >= 4 is 12.0 Å². The molecule has 3 fully saturated rings. The summed E-state index contributed by atoms with van der Waals surface area (Å²) >= 11 is 0. The predicted octanol–water partition coefficient (Wildman–Crippen LogP) is 1.54. The molecule has 3 aliphatic carbocycles. The van der Waals surface area contributed by atoms with E-state index in [9.17, 15) is 9.59 Å². The van der Waals surface area contributed by atoms with Crippen molar-refractivity contribution in [3.05, 3.63) is 0 Å². The van der Waals surface area contributed by atoms with E-state index in [1.807, 2.05) is 6.92 Å². The van der Waals surface area contributed by atoms with E-state index in [0.717, 1.165) is 23.7 Å². The molecular weight excluding hydrogens is 244 g/mol. The minimum absolute atomic E-state index is 0.0179. The summed E-state index contributed by atoms with van der Waals surface area (Å²) in [6, 6.07) is 0.292. The molecule has 2 bridgehead atoms. The molecule has 3 aliphatic rings. The molecule has 0 aromatic carbocycles.